The number of nitrogens with one attached hydrogen (secondary N) is 1. The van der Waals surface area contributed by atoms with Gasteiger partial charge in [-0.1, -0.05) is 35.5 Å². The number of benzene rings is 3. The Kier molecular flexibility index (Phi) is 5.66. The standard InChI is InChI=1S/C24H19N3O3/c1-29-21-14-10-19(11-15-21)24(28)25-20-12-8-18(9-13-20)23-26-22(30-27-23)16-7-17-5-3-2-4-6-17/h2-16H,1H3,(H,25,28). The van der Waals surface area contributed by atoms with E-state index in [9.17, 15) is 4.79 Å². The molecule has 6 heteroatoms. The van der Waals surface area contributed by atoms with Gasteiger partial charge in [-0.05, 0) is 60.2 Å². The third-order valence-corrected chi connectivity index (χ3v) is 4.41. The fourth-order valence-corrected chi connectivity index (χ4v) is 2.80. The molecule has 0 saturated carbocycles. The first-order valence-electron chi connectivity index (χ1n) is 9.34. The van der Waals surface area contributed by atoms with E-state index in [2.05, 4.69) is 15.5 Å². The zero-order valence-corrected chi connectivity index (χ0v) is 16.3. The Balaban J connectivity index is 1.41. The molecule has 4 rings (SSSR count). The molecule has 1 amide bonds. The van der Waals surface area contributed by atoms with E-state index in [4.69, 9.17) is 9.26 Å². The van der Waals surface area contributed by atoms with E-state index in [-0.39, 0.29) is 5.91 Å². The summed E-state index contributed by atoms with van der Waals surface area (Å²) >= 11 is 0. The molecule has 6 nitrogen and oxygen atoms in total. The molecule has 0 spiro atoms. The van der Waals surface area contributed by atoms with Crippen molar-refractivity contribution in [2.45, 2.75) is 0 Å². The van der Waals surface area contributed by atoms with Gasteiger partial charge in [0.05, 0.1) is 7.11 Å². The Hall–Kier alpha value is -4.19. The quantitative estimate of drug-likeness (QED) is 0.486. The number of nitrogens with zero attached hydrogens (tertiary/aromatic N) is 2. The highest BCUT2D eigenvalue weighted by atomic mass is 16.5. The number of methoxy groups -OCH3 is 1. The molecular formula is C24H19N3O3. The van der Waals surface area contributed by atoms with Crippen LogP contribution in [0.4, 0.5) is 5.69 Å². The van der Waals surface area contributed by atoms with Crippen LogP contribution in [-0.4, -0.2) is 23.2 Å². The van der Waals surface area contributed by atoms with Crippen LogP contribution in [0.5, 0.6) is 5.75 Å². The summed E-state index contributed by atoms with van der Waals surface area (Å²) in [6.07, 6.45) is 3.68. The van der Waals surface area contributed by atoms with Gasteiger partial charge in [0.25, 0.3) is 11.8 Å². The van der Waals surface area contributed by atoms with Gasteiger partial charge in [0, 0.05) is 22.9 Å². The molecule has 0 radical (unpaired) electrons. The minimum Gasteiger partial charge on any atom is -0.497 e. The number of rotatable bonds is 6. The van der Waals surface area contributed by atoms with Gasteiger partial charge >= 0.3 is 0 Å². The fraction of sp³-hybridized carbons (Fsp3) is 0.0417. The second-order valence-electron chi connectivity index (χ2n) is 6.46. The van der Waals surface area contributed by atoms with Crippen molar-refractivity contribution in [3.63, 3.8) is 0 Å². The summed E-state index contributed by atoms with van der Waals surface area (Å²) in [6.45, 7) is 0. The maximum absolute atomic E-state index is 12.4. The van der Waals surface area contributed by atoms with E-state index in [1.54, 1.807) is 49.6 Å². The summed E-state index contributed by atoms with van der Waals surface area (Å²) in [4.78, 5) is 16.7. The van der Waals surface area contributed by atoms with Gasteiger partial charge in [-0.25, -0.2) is 0 Å². The summed E-state index contributed by atoms with van der Waals surface area (Å²) < 4.78 is 10.4. The van der Waals surface area contributed by atoms with Crippen molar-refractivity contribution < 1.29 is 14.1 Å². The van der Waals surface area contributed by atoms with Gasteiger partial charge in [-0.15, -0.1) is 0 Å². The highest BCUT2D eigenvalue weighted by Crippen LogP contribution is 2.20. The number of carbonyl (C=O) groups is 1. The van der Waals surface area contributed by atoms with Crippen LogP contribution >= 0.6 is 0 Å². The summed E-state index contributed by atoms with van der Waals surface area (Å²) in [7, 11) is 1.59. The van der Waals surface area contributed by atoms with Gasteiger partial charge in [0.2, 0.25) is 5.82 Å². The molecule has 0 atom stereocenters. The maximum Gasteiger partial charge on any atom is 0.255 e. The molecule has 148 valence electrons. The van der Waals surface area contributed by atoms with Crippen molar-refractivity contribution in [3.8, 4) is 17.1 Å². The summed E-state index contributed by atoms with van der Waals surface area (Å²) in [5, 5.41) is 6.88. The summed E-state index contributed by atoms with van der Waals surface area (Å²) in [5.41, 5.74) is 3.06. The summed E-state index contributed by atoms with van der Waals surface area (Å²) in [5.74, 6) is 1.41. The van der Waals surface area contributed by atoms with Crippen molar-refractivity contribution >= 4 is 23.7 Å². The molecule has 0 saturated heterocycles. The smallest absolute Gasteiger partial charge is 0.255 e. The van der Waals surface area contributed by atoms with Crippen LogP contribution in [0.1, 0.15) is 21.8 Å². The molecule has 1 heterocycles. The molecule has 0 fully saturated rings. The predicted molar refractivity (Wildman–Crippen MR) is 116 cm³/mol. The lowest BCUT2D eigenvalue weighted by molar-refractivity contribution is 0.102. The highest BCUT2D eigenvalue weighted by molar-refractivity contribution is 6.04. The zero-order chi connectivity index (χ0) is 20.8. The van der Waals surface area contributed by atoms with Gasteiger partial charge in [0.15, 0.2) is 0 Å². The first-order valence-corrected chi connectivity index (χ1v) is 9.34. The Morgan fingerprint density at radius 2 is 1.67 bits per heavy atom. The lowest BCUT2D eigenvalue weighted by Gasteiger charge is -2.06. The van der Waals surface area contributed by atoms with Crippen LogP contribution in [0.15, 0.2) is 83.4 Å². The van der Waals surface area contributed by atoms with E-state index in [1.165, 1.54) is 0 Å². The van der Waals surface area contributed by atoms with Gasteiger partial charge in [-0.3, -0.25) is 4.79 Å². The molecular weight excluding hydrogens is 378 g/mol. The Morgan fingerprint density at radius 1 is 0.933 bits per heavy atom. The lowest BCUT2D eigenvalue weighted by Crippen LogP contribution is -2.11. The van der Waals surface area contributed by atoms with Gasteiger partial charge in [-0.2, -0.15) is 4.98 Å². The molecule has 0 aliphatic rings. The largest absolute Gasteiger partial charge is 0.497 e. The van der Waals surface area contributed by atoms with E-state index in [1.807, 2.05) is 48.5 Å². The van der Waals surface area contributed by atoms with Crippen LogP contribution < -0.4 is 10.1 Å². The van der Waals surface area contributed by atoms with Gasteiger partial charge < -0.3 is 14.6 Å². The first-order chi connectivity index (χ1) is 14.7. The van der Waals surface area contributed by atoms with E-state index in [0.29, 0.717) is 28.7 Å². The molecule has 30 heavy (non-hydrogen) atoms. The number of carbonyl (C=O) groups excluding carboxylic acids is 1. The molecule has 0 bridgehead atoms. The molecule has 0 aliphatic carbocycles. The molecule has 3 aromatic carbocycles. The Labute approximate surface area is 173 Å². The Morgan fingerprint density at radius 3 is 2.37 bits per heavy atom. The fourth-order valence-electron chi connectivity index (χ4n) is 2.80. The van der Waals surface area contributed by atoms with E-state index in [0.717, 1.165) is 11.1 Å². The van der Waals surface area contributed by atoms with Crippen LogP contribution in [0.25, 0.3) is 23.5 Å². The number of hydrogen-bond donors (Lipinski definition) is 1. The van der Waals surface area contributed by atoms with Crippen molar-refractivity contribution in [1.82, 2.24) is 10.1 Å². The van der Waals surface area contributed by atoms with E-state index < -0.39 is 0 Å². The minimum atomic E-state index is -0.196. The zero-order valence-electron chi connectivity index (χ0n) is 16.3. The molecule has 4 aromatic rings. The third kappa shape index (κ3) is 4.62. The number of aromatic nitrogens is 2. The van der Waals surface area contributed by atoms with Crippen LogP contribution in [0.2, 0.25) is 0 Å². The van der Waals surface area contributed by atoms with Crippen molar-refractivity contribution in [2.24, 2.45) is 0 Å². The minimum absolute atomic E-state index is 0.196. The number of anilines is 1. The monoisotopic (exact) mass is 397 g/mol. The second-order valence-corrected chi connectivity index (χ2v) is 6.46. The topological polar surface area (TPSA) is 77.2 Å². The number of ether oxygens (including phenoxy) is 1. The maximum atomic E-state index is 12.4. The predicted octanol–water partition coefficient (Wildman–Crippen LogP) is 5.17. The van der Waals surface area contributed by atoms with Gasteiger partial charge in [0.1, 0.15) is 5.75 Å². The Bertz CT molecular complexity index is 1150. The average molecular weight is 397 g/mol. The van der Waals surface area contributed by atoms with E-state index >= 15 is 0 Å². The molecule has 1 N–H and O–H groups in total. The average Bonchev–Trinajstić information content (AvgIpc) is 3.28. The number of amides is 1. The lowest BCUT2D eigenvalue weighted by atomic mass is 10.1. The van der Waals surface area contributed by atoms with Crippen molar-refractivity contribution in [1.29, 1.82) is 0 Å². The van der Waals surface area contributed by atoms with Crippen LogP contribution in [-0.2, 0) is 0 Å². The number of hydrogen-bond acceptors (Lipinski definition) is 5. The third-order valence-electron chi connectivity index (χ3n) is 4.41. The van der Waals surface area contributed by atoms with Crippen molar-refractivity contribution in [2.75, 3.05) is 12.4 Å². The molecule has 1 aromatic heterocycles. The first kappa shape index (κ1) is 19.1. The van der Waals surface area contributed by atoms with Crippen molar-refractivity contribution in [3.05, 3.63) is 95.9 Å². The molecule has 0 aliphatic heterocycles. The SMILES string of the molecule is COc1ccc(C(=O)Nc2ccc(-c3noc(C=Cc4ccccc4)n3)cc2)cc1. The normalized spacial score (nSPS) is 10.8. The molecule has 0 unspecified atom stereocenters. The van der Waals surface area contributed by atoms with Crippen LogP contribution in [0, 0.1) is 0 Å². The van der Waals surface area contributed by atoms with Crippen LogP contribution in [0.3, 0.4) is 0 Å². The second kappa shape index (κ2) is 8.87. The summed E-state index contributed by atoms with van der Waals surface area (Å²) in [6, 6.07) is 24.1. The highest BCUT2D eigenvalue weighted by Gasteiger charge is 2.09.